The summed E-state index contributed by atoms with van der Waals surface area (Å²) in [5.41, 5.74) is 5.56. The van der Waals surface area contributed by atoms with Gasteiger partial charge in [-0.15, -0.1) is 0 Å². The van der Waals surface area contributed by atoms with Crippen molar-refractivity contribution < 1.29 is 18.7 Å². The Morgan fingerprint density at radius 3 is 2.75 bits per heavy atom. The van der Waals surface area contributed by atoms with Crippen LogP contribution >= 0.6 is 0 Å². The minimum Gasteiger partial charge on any atom is -0.488 e. The Morgan fingerprint density at radius 2 is 2.19 bits per heavy atom. The molecule has 2 atom stereocenters. The lowest BCUT2D eigenvalue weighted by atomic mass is 10.2. The van der Waals surface area contributed by atoms with Crippen molar-refractivity contribution in [3.63, 3.8) is 0 Å². The quantitative estimate of drug-likeness (QED) is 0.782. The van der Waals surface area contributed by atoms with Crippen molar-refractivity contribution in [3.8, 4) is 5.75 Å². The second-order valence-corrected chi connectivity index (χ2v) is 3.33. The molecule has 5 heteroatoms. The number of halogens is 1. The van der Waals surface area contributed by atoms with Gasteiger partial charge in [0.05, 0.1) is 7.11 Å². The maximum Gasteiger partial charge on any atom is 0.326 e. The maximum absolute atomic E-state index is 12.8. The van der Waals surface area contributed by atoms with Gasteiger partial charge in [-0.3, -0.25) is 4.79 Å². The van der Waals surface area contributed by atoms with E-state index < -0.39 is 23.9 Å². The second-order valence-electron chi connectivity index (χ2n) is 3.33. The van der Waals surface area contributed by atoms with Crippen molar-refractivity contribution in [1.82, 2.24) is 0 Å². The van der Waals surface area contributed by atoms with E-state index in [4.69, 9.17) is 10.5 Å². The van der Waals surface area contributed by atoms with Crippen LogP contribution in [0.25, 0.3) is 0 Å². The van der Waals surface area contributed by atoms with Gasteiger partial charge in [-0.2, -0.15) is 0 Å². The zero-order valence-electron chi connectivity index (χ0n) is 9.14. The van der Waals surface area contributed by atoms with Crippen LogP contribution in [-0.2, 0) is 9.53 Å². The van der Waals surface area contributed by atoms with E-state index in [1.807, 2.05) is 0 Å². The first-order chi connectivity index (χ1) is 7.54. The van der Waals surface area contributed by atoms with Crippen LogP contribution in [-0.4, -0.2) is 25.2 Å². The highest BCUT2D eigenvalue weighted by Crippen LogP contribution is 2.14. The molecule has 1 aromatic carbocycles. The number of hydrogen-bond acceptors (Lipinski definition) is 4. The molecule has 0 unspecified atom stereocenters. The molecule has 0 heterocycles. The van der Waals surface area contributed by atoms with Gasteiger partial charge in [0.1, 0.15) is 23.7 Å². The normalized spacial score (nSPS) is 14.0. The van der Waals surface area contributed by atoms with Gasteiger partial charge >= 0.3 is 5.97 Å². The monoisotopic (exact) mass is 227 g/mol. The van der Waals surface area contributed by atoms with Crippen LogP contribution < -0.4 is 10.5 Å². The molecule has 0 saturated heterocycles. The number of hydrogen-bond donors (Lipinski definition) is 1. The zero-order valence-corrected chi connectivity index (χ0v) is 9.14. The van der Waals surface area contributed by atoms with E-state index in [0.29, 0.717) is 5.75 Å². The van der Waals surface area contributed by atoms with Gasteiger partial charge in [0.15, 0.2) is 0 Å². The summed E-state index contributed by atoms with van der Waals surface area (Å²) in [7, 11) is 1.25. The van der Waals surface area contributed by atoms with Gasteiger partial charge < -0.3 is 15.2 Å². The van der Waals surface area contributed by atoms with Crippen LogP contribution in [0, 0.1) is 5.82 Å². The first kappa shape index (κ1) is 12.4. The van der Waals surface area contributed by atoms with Crippen molar-refractivity contribution in [3.05, 3.63) is 30.1 Å². The Morgan fingerprint density at radius 1 is 1.50 bits per heavy atom. The fraction of sp³-hybridized carbons (Fsp3) is 0.364. The molecular formula is C11H14FNO3. The highest BCUT2D eigenvalue weighted by atomic mass is 19.1. The molecule has 0 aromatic heterocycles. The lowest BCUT2D eigenvalue weighted by Crippen LogP contribution is -2.44. The van der Waals surface area contributed by atoms with Gasteiger partial charge in [-0.05, 0) is 19.1 Å². The summed E-state index contributed by atoms with van der Waals surface area (Å²) in [6.07, 6.45) is -0.589. The molecule has 0 spiro atoms. The Balaban J connectivity index is 2.64. The van der Waals surface area contributed by atoms with Crippen molar-refractivity contribution >= 4 is 5.97 Å². The molecule has 0 saturated carbocycles. The number of esters is 1. The Kier molecular flexibility index (Phi) is 4.25. The fourth-order valence-corrected chi connectivity index (χ4v) is 1.16. The summed E-state index contributed by atoms with van der Waals surface area (Å²) < 4.78 is 22.6. The maximum atomic E-state index is 12.8. The number of benzene rings is 1. The average Bonchev–Trinajstić information content (AvgIpc) is 2.27. The molecule has 0 aliphatic heterocycles. The van der Waals surface area contributed by atoms with E-state index in [-0.39, 0.29) is 0 Å². The smallest absolute Gasteiger partial charge is 0.326 e. The van der Waals surface area contributed by atoms with Crippen LogP contribution in [0.3, 0.4) is 0 Å². The van der Waals surface area contributed by atoms with Crippen LogP contribution in [0.4, 0.5) is 4.39 Å². The molecule has 0 bridgehead atoms. The lowest BCUT2D eigenvalue weighted by molar-refractivity contribution is -0.144. The largest absolute Gasteiger partial charge is 0.488 e. The molecule has 4 nitrogen and oxygen atoms in total. The van der Waals surface area contributed by atoms with E-state index in [0.717, 1.165) is 0 Å². The van der Waals surface area contributed by atoms with Crippen LogP contribution in [0.2, 0.25) is 0 Å². The summed E-state index contributed by atoms with van der Waals surface area (Å²) in [6, 6.07) is 4.73. The molecule has 16 heavy (non-hydrogen) atoms. The number of ether oxygens (including phenoxy) is 2. The third kappa shape index (κ3) is 3.20. The number of rotatable bonds is 4. The summed E-state index contributed by atoms with van der Waals surface area (Å²) >= 11 is 0. The summed E-state index contributed by atoms with van der Waals surface area (Å²) in [4.78, 5) is 11.1. The van der Waals surface area contributed by atoms with Crippen LogP contribution in [0.1, 0.15) is 6.92 Å². The van der Waals surface area contributed by atoms with Crippen molar-refractivity contribution in [1.29, 1.82) is 0 Å². The van der Waals surface area contributed by atoms with E-state index in [9.17, 15) is 9.18 Å². The lowest BCUT2D eigenvalue weighted by Gasteiger charge is -2.19. The van der Waals surface area contributed by atoms with Crippen LogP contribution in [0.5, 0.6) is 5.75 Å². The molecule has 2 N–H and O–H groups in total. The van der Waals surface area contributed by atoms with E-state index in [2.05, 4.69) is 4.74 Å². The minimum atomic E-state index is -0.895. The average molecular weight is 227 g/mol. The molecule has 0 fully saturated rings. The predicted molar refractivity (Wildman–Crippen MR) is 56.5 cm³/mol. The predicted octanol–water partition coefficient (Wildman–Crippen LogP) is 1.09. The fourth-order valence-electron chi connectivity index (χ4n) is 1.16. The first-order valence-electron chi connectivity index (χ1n) is 4.80. The molecule has 0 amide bonds. The van der Waals surface area contributed by atoms with E-state index in [1.165, 1.54) is 25.3 Å². The van der Waals surface area contributed by atoms with E-state index >= 15 is 0 Å². The molecular weight excluding hydrogens is 213 g/mol. The number of carbonyl (C=O) groups excluding carboxylic acids is 1. The summed E-state index contributed by atoms with van der Waals surface area (Å²) in [6.45, 7) is 1.62. The Hall–Kier alpha value is -1.62. The Bertz CT molecular complexity index is 370. The third-order valence-corrected chi connectivity index (χ3v) is 2.10. The highest BCUT2D eigenvalue weighted by Gasteiger charge is 2.23. The van der Waals surface area contributed by atoms with Crippen molar-refractivity contribution in [2.45, 2.75) is 19.1 Å². The first-order valence-corrected chi connectivity index (χ1v) is 4.80. The summed E-state index contributed by atoms with van der Waals surface area (Å²) in [5.74, 6) is -0.646. The standard InChI is InChI=1S/C11H14FNO3/c1-7(10(13)11(14)15-2)16-9-5-3-4-8(12)6-9/h3-7,10H,13H2,1-2H3/t7-,10+/m0/s1. The molecule has 88 valence electrons. The van der Waals surface area contributed by atoms with E-state index in [1.54, 1.807) is 13.0 Å². The molecule has 1 aromatic rings. The van der Waals surface area contributed by atoms with Crippen molar-refractivity contribution in [2.24, 2.45) is 5.73 Å². The van der Waals surface area contributed by atoms with Crippen LogP contribution in [0.15, 0.2) is 24.3 Å². The molecule has 0 radical (unpaired) electrons. The van der Waals surface area contributed by atoms with Gasteiger partial charge in [-0.1, -0.05) is 6.07 Å². The van der Waals surface area contributed by atoms with Gasteiger partial charge in [0.25, 0.3) is 0 Å². The zero-order chi connectivity index (χ0) is 12.1. The van der Waals surface area contributed by atoms with Gasteiger partial charge in [0, 0.05) is 6.07 Å². The van der Waals surface area contributed by atoms with Crippen molar-refractivity contribution in [2.75, 3.05) is 7.11 Å². The highest BCUT2D eigenvalue weighted by molar-refractivity contribution is 5.76. The number of methoxy groups -OCH3 is 1. The SMILES string of the molecule is COC(=O)[C@H](N)[C@H](C)Oc1cccc(F)c1. The molecule has 0 aliphatic carbocycles. The molecule has 0 aliphatic rings. The third-order valence-electron chi connectivity index (χ3n) is 2.10. The summed E-state index contributed by atoms with van der Waals surface area (Å²) in [5, 5.41) is 0. The van der Waals surface area contributed by atoms with Gasteiger partial charge in [0.2, 0.25) is 0 Å². The number of carbonyl (C=O) groups is 1. The van der Waals surface area contributed by atoms with Gasteiger partial charge in [-0.25, -0.2) is 4.39 Å². The minimum absolute atomic E-state index is 0.326. The number of nitrogens with two attached hydrogens (primary N) is 1. The second kappa shape index (κ2) is 5.46. The Labute approximate surface area is 93.2 Å². The molecule has 1 rings (SSSR count). The topological polar surface area (TPSA) is 61.5 Å².